The molecule has 0 fully saturated rings. The van der Waals surface area contributed by atoms with Crippen molar-refractivity contribution >= 4 is 20.6 Å². The first-order valence-electron chi connectivity index (χ1n) is 3.22. The quantitative estimate of drug-likeness (QED) is 0.679. The smallest absolute Gasteiger partial charge is 0.0963 e. The second kappa shape index (κ2) is 4.63. The van der Waals surface area contributed by atoms with Crippen molar-refractivity contribution < 1.29 is 0 Å². The third kappa shape index (κ3) is 4.70. The van der Waals surface area contributed by atoms with Gasteiger partial charge in [0.25, 0.3) is 0 Å². The van der Waals surface area contributed by atoms with Gasteiger partial charge >= 0.3 is 0 Å². The summed E-state index contributed by atoms with van der Waals surface area (Å²) >= 11 is 3.01. The first-order valence-corrected chi connectivity index (χ1v) is 4.01. The van der Waals surface area contributed by atoms with Gasteiger partial charge in [-0.05, 0) is 34.8 Å². The van der Waals surface area contributed by atoms with Crippen LogP contribution in [-0.4, -0.2) is 10.7 Å². The van der Waals surface area contributed by atoms with E-state index in [0.717, 1.165) is 0 Å². The molecule has 0 heterocycles. The zero-order chi connectivity index (χ0) is 8.15. The molecule has 0 aromatic heterocycles. The van der Waals surface area contributed by atoms with Crippen LogP contribution in [0, 0.1) is 11.3 Å². The van der Waals surface area contributed by atoms with Gasteiger partial charge in [0.05, 0.1) is 4.62 Å². The standard InChI is InChI=1S/C7H13BrN2/c1-5(6(2)9)3-4-7(8)10/h3-6,10H,9H2,1-2H3/b4-3-,10-7?. The molecule has 0 radical (unpaired) electrons. The number of hydrogen-bond donors (Lipinski definition) is 2. The molecule has 0 amide bonds. The van der Waals surface area contributed by atoms with Crippen LogP contribution in [0.3, 0.4) is 0 Å². The maximum atomic E-state index is 7.02. The number of nitrogens with two attached hydrogens (primary N) is 1. The Hall–Kier alpha value is -0.150. The van der Waals surface area contributed by atoms with Crippen LogP contribution < -0.4 is 5.73 Å². The molecule has 58 valence electrons. The van der Waals surface area contributed by atoms with E-state index in [2.05, 4.69) is 15.9 Å². The highest BCUT2D eigenvalue weighted by Crippen LogP contribution is 2.02. The van der Waals surface area contributed by atoms with Crippen LogP contribution in [0.25, 0.3) is 0 Å². The van der Waals surface area contributed by atoms with Crippen molar-refractivity contribution in [3.05, 3.63) is 12.2 Å². The van der Waals surface area contributed by atoms with E-state index in [4.69, 9.17) is 11.1 Å². The van der Waals surface area contributed by atoms with Gasteiger partial charge in [-0.15, -0.1) is 0 Å². The van der Waals surface area contributed by atoms with Crippen LogP contribution in [0.4, 0.5) is 0 Å². The van der Waals surface area contributed by atoms with Crippen molar-refractivity contribution in [2.45, 2.75) is 19.9 Å². The minimum absolute atomic E-state index is 0.156. The topological polar surface area (TPSA) is 49.9 Å². The maximum absolute atomic E-state index is 7.02. The van der Waals surface area contributed by atoms with Gasteiger partial charge in [-0.3, -0.25) is 5.41 Å². The van der Waals surface area contributed by atoms with Crippen LogP contribution in [0.5, 0.6) is 0 Å². The number of hydrogen-bond acceptors (Lipinski definition) is 2. The van der Waals surface area contributed by atoms with E-state index in [1.165, 1.54) is 0 Å². The summed E-state index contributed by atoms with van der Waals surface area (Å²) in [6, 6.07) is 0.156. The molecule has 0 spiro atoms. The molecule has 0 saturated carbocycles. The van der Waals surface area contributed by atoms with Gasteiger partial charge in [0.15, 0.2) is 0 Å². The molecule has 3 N–H and O–H groups in total. The average Bonchev–Trinajstić information content (AvgIpc) is 1.82. The lowest BCUT2D eigenvalue weighted by Gasteiger charge is -2.08. The van der Waals surface area contributed by atoms with Gasteiger partial charge in [0.1, 0.15) is 0 Å². The van der Waals surface area contributed by atoms with E-state index in [9.17, 15) is 0 Å². The van der Waals surface area contributed by atoms with Crippen LogP contribution in [0.2, 0.25) is 0 Å². The zero-order valence-electron chi connectivity index (χ0n) is 6.26. The molecule has 2 atom stereocenters. The number of nitrogens with one attached hydrogen (secondary N) is 1. The number of rotatable bonds is 3. The molecule has 0 aliphatic carbocycles. The molecule has 0 saturated heterocycles. The summed E-state index contributed by atoms with van der Waals surface area (Å²) in [5.41, 5.74) is 5.59. The molecule has 3 heteroatoms. The summed E-state index contributed by atoms with van der Waals surface area (Å²) in [7, 11) is 0. The van der Waals surface area contributed by atoms with Crippen molar-refractivity contribution in [2.24, 2.45) is 11.7 Å². The summed E-state index contributed by atoms with van der Waals surface area (Å²) in [5, 5.41) is 7.02. The van der Waals surface area contributed by atoms with Crippen molar-refractivity contribution in [3.63, 3.8) is 0 Å². The monoisotopic (exact) mass is 204 g/mol. The molecule has 2 nitrogen and oxygen atoms in total. The fourth-order valence-corrected chi connectivity index (χ4v) is 0.564. The molecular formula is C7H13BrN2. The predicted octanol–water partition coefficient (Wildman–Crippen LogP) is 1.90. The number of allylic oxidation sites excluding steroid dienone is 1. The molecule has 0 rings (SSSR count). The van der Waals surface area contributed by atoms with Gasteiger partial charge in [-0.25, -0.2) is 0 Å². The molecule has 2 unspecified atom stereocenters. The van der Waals surface area contributed by atoms with E-state index >= 15 is 0 Å². The lowest BCUT2D eigenvalue weighted by Crippen LogP contribution is -2.22. The second-order valence-corrected chi connectivity index (χ2v) is 3.28. The Morgan fingerprint density at radius 2 is 2.10 bits per heavy atom. The molecule has 0 aromatic rings. The Kier molecular flexibility index (Phi) is 4.56. The van der Waals surface area contributed by atoms with Gasteiger partial charge < -0.3 is 5.73 Å². The normalized spacial score (nSPS) is 17.2. The van der Waals surface area contributed by atoms with Crippen molar-refractivity contribution in [2.75, 3.05) is 0 Å². The molecule has 0 aromatic carbocycles. The fraction of sp³-hybridized carbons (Fsp3) is 0.571. The fourth-order valence-electron chi connectivity index (χ4n) is 0.412. The third-order valence-electron chi connectivity index (χ3n) is 1.38. The highest BCUT2D eigenvalue weighted by Gasteiger charge is 2.01. The summed E-state index contributed by atoms with van der Waals surface area (Å²) in [4.78, 5) is 0. The van der Waals surface area contributed by atoms with Crippen molar-refractivity contribution in [3.8, 4) is 0 Å². The first kappa shape index (κ1) is 9.85. The van der Waals surface area contributed by atoms with Crippen LogP contribution in [-0.2, 0) is 0 Å². The Labute approximate surface area is 70.1 Å². The Bertz CT molecular complexity index is 141. The molecular weight excluding hydrogens is 192 g/mol. The molecule has 0 aliphatic heterocycles. The molecule has 0 aliphatic rings. The highest BCUT2D eigenvalue weighted by molar-refractivity contribution is 9.18. The Morgan fingerprint density at radius 1 is 1.60 bits per heavy atom. The third-order valence-corrected chi connectivity index (χ3v) is 1.64. The second-order valence-electron chi connectivity index (χ2n) is 2.43. The number of halogens is 1. The average molecular weight is 205 g/mol. The molecule has 0 bridgehead atoms. The van der Waals surface area contributed by atoms with Crippen LogP contribution >= 0.6 is 15.9 Å². The van der Waals surface area contributed by atoms with E-state index in [-0.39, 0.29) is 6.04 Å². The van der Waals surface area contributed by atoms with E-state index < -0.39 is 0 Å². The van der Waals surface area contributed by atoms with Gasteiger partial charge in [0.2, 0.25) is 0 Å². The summed E-state index contributed by atoms with van der Waals surface area (Å²) in [6.45, 7) is 3.98. The SMILES string of the molecule is CC(N)C(C)/C=C\C(=N)Br. The summed E-state index contributed by atoms with van der Waals surface area (Å²) in [6.07, 6.45) is 3.62. The van der Waals surface area contributed by atoms with Crippen LogP contribution in [0.15, 0.2) is 12.2 Å². The van der Waals surface area contributed by atoms with Gasteiger partial charge in [-0.2, -0.15) is 0 Å². The maximum Gasteiger partial charge on any atom is 0.0963 e. The van der Waals surface area contributed by atoms with Crippen LogP contribution in [0.1, 0.15) is 13.8 Å². The van der Waals surface area contributed by atoms with Crippen molar-refractivity contribution in [1.29, 1.82) is 5.41 Å². The van der Waals surface area contributed by atoms with E-state index in [0.29, 0.717) is 10.5 Å². The largest absolute Gasteiger partial charge is 0.327 e. The predicted molar refractivity (Wildman–Crippen MR) is 48.6 cm³/mol. The van der Waals surface area contributed by atoms with E-state index in [1.54, 1.807) is 6.08 Å². The highest BCUT2D eigenvalue weighted by atomic mass is 79.9. The Balaban J connectivity index is 3.77. The van der Waals surface area contributed by atoms with Gasteiger partial charge in [0, 0.05) is 6.04 Å². The van der Waals surface area contributed by atoms with Crippen molar-refractivity contribution in [1.82, 2.24) is 0 Å². The first-order chi connectivity index (χ1) is 4.54. The zero-order valence-corrected chi connectivity index (χ0v) is 7.85. The summed E-state index contributed by atoms with van der Waals surface area (Å²) in [5.74, 6) is 0.331. The van der Waals surface area contributed by atoms with Gasteiger partial charge in [-0.1, -0.05) is 13.0 Å². The minimum Gasteiger partial charge on any atom is -0.327 e. The Morgan fingerprint density at radius 3 is 2.40 bits per heavy atom. The lowest BCUT2D eigenvalue weighted by molar-refractivity contribution is 0.582. The summed E-state index contributed by atoms with van der Waals surface area (Å²) < 4.78 is 0.389. The minimum atomic E-state index is 0.156. The molecule has 10 heavy (non-hydrogen) atoms. The van der Waals surface area contributed by atoms with E-state index in [1.807, 2.05) is 19.9 Å². The lowest BCUT2D eigenvalue weighted by atomic mass is 10.0.